The zero-order valence-electron chi connectivity index (χ0n) is 12.3. The lowest BCUT2D eigenvalue weighted by Crippen LogP contribution is -2.40. The van der Waals surface area contributed by atoms with E-state index < -0.39 is 0 Å². The van der Waals surface area contributed by atoms with Crippen LogP contribution < -0.4 is 10.6 Å². The molecule has 0 spiro atoms. The van der Waals surface area contributed by atoms with Gasteiger partial charge in [0, 0.05) is 12.7 Å². The number of anilines is 1. The maximum Gasteiger partial charge on any atom is 0.211 e. The lowest BCUT2D eigenvalue weighted by Gasteiger charge is -2.27. The molecule has 1 heterocycles. The van der Waals surface area contributed by atoms with Crippen LogP contribution in [0, 0.1) is 17.4 Å². The molecule has 0 aromatic carbocycles. The Hall–Kier alpha value is -2.09. The monoisotopic (exact) mass is 273 g/mol. The van der Waals surface area contributed by atoms with Crippen molar-refractivity contribution in [3.8, 4) is 6.19 Å². The second-order valence-electron chi connectivity index (χ2n) is 4.81. The molecule has 0 aliphatic heterocycles. The van der Waals surface area contributed by atoms with Gasteiger partial charge in [-0.1, -0.05) is 33.1 Å². The SMILES string of the molecule is CCCCC(CC)CN(C(N)=NC#N)c1cccnc1. The first kappa shape index (κ1) is 16.0. The molecule has 0 fully saturated rings. The molecule has 5 heteroatoms. The van der Waals surface area contributed by atoms with Crippen molar-refractivity contribution in [2.75, 3.05) is 11.4 Å². The van der Waals surface area contributed by atoms with Gasteiger partial charge in [-0.15, -0.1) is 4.99 Å². The highest BCUT2D eigenvalue weighted by atomic mass is 15.3. The summed E-state index contributed by atoms with van der Waals surface area (Å²) in [4.78, 5) is 9.65. The Morgan fingerprint density at radius 3 is 2.90 bits per heavy atom. The van der Waals surface area contributed by atoms with Gasteiger partial charge in [-0.25, -0.2) is 0 Å². The van der Waals surface area contributed by atoms with E-state index in [1.54, 1.807) is 18.6 Å². The molecular weight excluding hydrogens is 250 g/mol. The van der Waals surface area contributed by atoms with E-state index in [1.165, 1.54) is 12.8 Å². The van der Waals surface area contributed by atoms with E-state index in [2.05, 4.69) is 23.8 Å². The predicted molar refractivity (Wildman–Crippen MR) is 82.1 cm³/mol. The number of hydrogen-bond donors (Lipinski definition) is 1. The molecule has 1 rings (SSSR count). The molecule has 0 amide bonds. The van der Waals surface area contributed by atoms with Gasteiger partial charge in [0.25, 0.3) is 0 Å². The number of guanidine groups is 1. The van der Waals surface area contributed by atoms with Gasteiger partial charge in [0.05, 0.1) is 11.9 Å². The van der Waals surface area contributed by atoms with Gasteiger partial charge in [-0.3, -0.25) is 4.98 Å². The zero-order valence-corrected chi connectivity index (χ0v) is 12.3. The fourth-order valence-corrected chi connectivity index (χ4v) is 2.13. The number of nitrogens with two attached hydrogens (primary N) is 1. The van der Waals surface area contributed by atoms with Crippen LogP contribution in [0.1, 0.15) is 39.5 Å². The summed E-state index contributed by atoms with van der Waals surface area (Å²) in [7, 11) is 0. The van der Waals surface area contributed by atoms with Crippen molar-refractivity contribution in [3.05, 3.63) is 24.5 Å². The van der Waals surface area contributed by atoms with Crippen molar-refractivity contribution in [3.63, 3.8) is 0 Å². The number of unbranched alkanes of at least 4 members (excludes halogenated alkanes) is 1. The van der Waals surface area contributed by atoms with Crippen molar-refractivity contribution < 1.29 is 0 Å². The largest absolute Gasteiger partial charge is 0.369 e. The summed E-state index contributed by atoms with van der Waals surface area (Å²) in [5.74, 6) is 0.762. The number of aromatic nitrogens is 1. The van der Waals surface area contributed by atoms with Crippen LogP contribution in [-0.4, -0.2) is 17.5 Å². The summed E-state index contributed by atoms with van der Waals surface area (Å²) in [5, 5.41) is 8.71. The molecule has 5 nitrogen and oxygen atoms in total. The van der Waals surface area contributed by atoms with Crippen LogP contribution in [0.25, 0.3) is 0 Å². The smallest absolute Gasteiger partial charge is 0.211 e. The number of rotatable bonds is 7. The molecule has 0 aliphatic rings. The first-order chi connectivity index (χ1) is 9.72. The normalized spacial score (nSPS) is 12.8. The minimum atomic E-state index is 0.232. The summed E-state index contributed by atoms with van der Waals surface area (Å²) >= 11 is 0. The van der Waals surface area contributed by atoms with Gasteiger partial charge >= 0.3 is 0 Å². The average molecular weight is 273 g/mol. The summed E-state index contributed by atoms with van der Waals surface area (Å²) in [6, 6.07) is 3.79. The van der Waals surface area contributed by atoms with Crippen LogP contribution in [-0.2, 0) is 0 Å². The van der Waals surface area contributed by atoms with Crippen molar-refractivity contribution in [1.29, 1.82) is 5.26 Å². The molecule has 20 heavy (non-hydrogen) atoms. The van der Waals surface area contributed by atoms with Gasteiger partial charge in [0.2, 0.25) is 12.2 Å². The maximum atomic E-state index is 8.71. The summed E-state index contributed by atoms with van der Waals surface area (Å²) < 4.78 is 0. The second kappa shape index (κ2) is 8.92. The Labute approximate surface area is 121 Å². The average Bonchev–Trinajstić information content (AvgIpc) is 2.48. The first-order valence-electron chi connectivity index (χ1n) is 7.12. The van der Waals surface area contributed by atoms with Crippen LogP contribution in [0.2, 0.25) is 0 Å². The molecule has 0 radical (unpaired) electrons. The Kier molecular flexibility index (Phi) is 7.12. The zero-order chi connectivity index (χ0) is 14.8. The lowest BCUT2D eigenvalue weighted by atomic mass is 9.98. The molecule has 0 aliphatic carbocycles. The van der Waals surface area contributed by atoms with Crippen LogP contribution in [0.4, 0.5) is 5.69 Å². The quantitative estimate of drug-likeness (QED) is 0.470. The van der Waals surface area contributed by atoms with Crippen LogP contribution in [0.5, 0.6) is 0 Å². The molecule has 1 unspecified atom stereocenters. The Morgan fingerprint density at radius 1 is 1.55 bits per heavy atom. The Balaban J connectivity index is 2.89. The van der Waals surface area contributed by atoms with Crippen molar-refractivity contribution >= 4 is 11.6 Å². The number of nitrogens with zero attached hydrogens (tertiary/aromatic N) is 4. The van der Waals surface area contributed by atoms with Crippen LogP contribution >= 0.6 is 0 Å². The van der Waals surface area contributed by atoms with Crippen molar-refractivity contribution in [1.82, 2.24) is 4.98 Å². The third-order valence-corrected chi connectivity index (χ3v) is 3.38. The third kappa shape index (κ3) is 4.88. The summed E-state index contributed by atoms with van der Waals surface area (Å²) in [6.45, 7) is 5.13. The highest BCUT2D eigenvalue weighted by Gasteiger charge is 2.16. The van der Waals surface area contributed by atoms with E-state index in [0.29, 0.717) is 5.92 Å². The van der Waals surface area contributed by atoms with Gasteiger partial charge in [-0.05, 0) is 24.5 Å². The Morgan fingerprint density at radius 2 is 2.35 bits per heavy atom. The number of pyridine rings is 1. The van der Waals surface area contributed by atoms with E-state index in [1.807, 2.05) is 17.0 Å². The molecule has 0 saturated carbocycles. The predicted octanol–water partition coefficient (Wildman–Crippen LogP) is 2.90. The second-order valence-corrected chi connectivity index (χ2v) is 4.81. The molecular formula is C15H23N5. The maximum absolute atomic E-state index is 8.71. The molecule has 1 aromatic heterocycles. The van der Waals surface area contributed by atoms with Crippen LogP contribution in [0.3, 0.4) is 0 Å². The molecule has 1 atom stereocenters. The molecule has 0 saturated heterocycles. The number of hydrogen-bond acceptors (Lipinski definition) is 3. The van der Waals surface area contributed by atoms with E-state index in [0.717, 1.165) is 25.1 Å². The minimum Gasteiger partial charge on any atom is -0.369 e. The topological polar surface area (TPSA) is 78.3 Å². The molecule has 1 aromatic rings. The number of nitriles is 1. The van der Waals surface area contributed by atoms with Gasteiger partial charge in [0.1, 0.15) is 0 Å². The van der Waals surface area contributed by atoms with E-state index >= 15 is 0 Å². The van der Waals surface area contributed by atoms with E-state index in [-0.39, 0.29) is 5.96 Å². The fraction of sp³-hybridized carbons (Fsp3) is 0.533. The van der Waals surface area contributed by atoms with Gasteiger partial charge in [0.15, 0.2) is 0 Å². The highest BCUT2D eigenvalue weighted by Crippen LogP contribution is 2.19. The van der Waals surface area contributed by atoms with E-state index in [9.17, 15) is 0 Å². The third-order valence-electron chi connectivity index (χ3n) is 3.38. The van der Waals surface area contributed by atoms with Crippen LogP contribution in [0.15, 0.2) is 29.5 Å². The Bertz CT molecular complexity index is 449. The summed E-state index contributed by atoms with van der Waals surface area (Å²) in [6.07, 6.45) is 9.84. The molecule has 2 N–H and O–H groups in total. The minimum absolute atomic E-state index is 0.232. The van der Waals surface area contributed by atoms with Crippen molar-refractivity contribution in [2.24, 2.45) is 16.6 Å². The van der Waals surface area contributed by atoms with Crippen molar-refractivity contribution in [2.45, 2.75) is 39.5 Å². The molecule has 108 valence electrons. The number of aliphatic imine (C=N–C) groups is 1. The first-order valence-corrected chi connectivity index (χ1v) is 7.12. The molecule has 0 bridgehead atoms. The standard InChI is InChI=1S/C15H23N5/c1-3-5-7-13(4-2)11-20(15(17)19-12-16)14-8-6-9-18-10-14/h6,8-10,13H,3-5,7,11H2,1-2H3,(H2,17,19). The van der Waals surface area contributed by atoms with E-state index in [4.69, 9.17) is 11.0 Å². The summed E-state index contributed by atoms with van der Waals surface area (Å²) in [5.41, 5.74) is 6.79. The fourth-order valence-electron chi connectivity index (χ4n) is 2.13. The lowest BCUT2D eigenvalue weighted by molar-refractivity contribution is 0.460. The van der Waals surface area contributed by atoms with Gasteiger partial charge < -0.3 is 10.6 Å². The highest BCUT2D eigenvalue weighted by molar-refractivity contribution is 5.95. The van der Waals surface area contributed by atoms with Gasteiger partial charge in [-0.2, -0.15) is 5.26 Å².